The first-order valence-corrected chi connectivity index (χ1v) is 9.12. The summed E-state index contributed by atoms with van der Waals surface area (Å²) in [7, 11) is 1.83. The van der Waals surface area contributed by atoms with Crippen molar-refractivity contribution < 1.29 is 0 Å². The molecule has 0 fully saturated rings. The lowest BCUT2D eigenvalue weighted by Crippen LogP contribution is -2.14. The molecule has 0 saturated heterocycles. The molecule has 27 heavy (non-hydrogen) atoms. The predicted octanol–water partition coefficient (Wildman–Crippen LogP) is 3.74. The van der Waals surface area contributed by atoms with Crippen LogP contribution in [0.3, 0.4) is 0 Å². The third kappa shape index (κ3) is 2.86. The molecule has 8 heteroatoms. The summed E-state index contributed by atoms with van der Waals surface area (Å²) in [4.78, 5) is 9.21. The number of nitriles is 1. The van der Waals surface area contributed by atoms with E-state index in [0.717, 1.165) is 46.5 Å². The molecule has 1 aliphatic heterocycles. The molecule has 0 amide bonds. The second-order valence-electron chi connectivity index (χ2n) is 7.37. The number of aryl methyl sites for hydroxylation is 3. The van der Waals surface area contributed by atoms with Crippen molar-refractivity contribution in [3.63, 3.8) is 0 Å². The average molecular weight is 382 g/mol. The minimum absolute atomic E-state index is 0.489. The van der Waals surface area contributed by atoms with Crippen molar-refractivity contribution in [3.05, 3.63) is 40.3 Å². The van der Waals surface area contributed by atoms with Crippen molar-refractivity contribution in [3.8, 4) is 17.5 Å². The predicted molar refractivity (Wildman–Crippen MR) is 104 cm³/mol. The van der Waals surface area contributed by atoms with E-state index in [1.54, 1.807) is 4.68 Å². The molecule has 0 aromatic carbocycles. The summed E-state index contributed by atoms with van der Waals surface area (Å²) in [5.74, 6) is 1.22. The Kier molecular flexibility index (Phi) is 3.97. The molecule has 0 unspecified atom stereocenters. The van der Waals surface area contributed by atoms with Gasteiger partial charge >= 0.3 is 0 Å². The molecular weight excluding hydrogens is 362 g/mol. The van der Waals surface area contributed by atoms with Crippen LogP contribution in [0.15, 0.2) is 18.3 Å². The third-order valence-corrected chi connectivity index (χ3v) is 5.28. The Morgan fingerprint density at radius 2 is 2.11 bits per heavy atom. The molecule has 1 aliphatic rings. The van der Waals surface area contributed by atoms with E-state index in [1.807, 2.05) is 46.1 Å². The summed E-state index contributed by atoms with van der Waals surface area (Å²) in [6.45, 7) is 6.56. The Morgan fingerprint density at radius 1 is 1.33 bits per heavy atom. The van der Waals surface area contributed by atoms with Gasteiger partial charge in [-0.05, 0) is 38.8 Å². The molecule has 138 valence electrons. The summed E-state index contributed by atoms with van der Waals surface area (Å²) in [6, 6.07) is 6.10. The van der Waals surface area contributed by atoms with Crippen LogP contribution in [0.2, 0.25) is 5.15 Å². The van der Waals surface area contributed by atoms with E-state index in [2.05, 4.69) is 26.0 Å². The number of halogens is 1. The minimum Gasteiger partial charge on any atom is -0.330 e. The SMILES string of the molecule is Cc1cc(Cl)n2c1-c1nc(Nc3cc(C(C)(C)C#N)nn3C)ncc1CC2. The number of nitrogens with one attached hydrogen (secondary N) is 1. The number of hydrogen-bond donors (Lipinski definition) is 1. The quantitative estimate of drug-likeness (QED) is 0.747. The van der Waals surface area contributed by atoms with Crippen LogP contribution >= 0.6 is 11.6 Å². The van der Waals surface area contributed by atoms with Gasteiger partial charge < -0.3 is 9.88 Å². The van der Waals surface area contributed by atoms with Crippen LogP contribution in [-0.4, -0.2) is 24.3 Å². The standard InChI is InChI=1S/C19H20ClN7/c1-11-7-14(20)27-6-5-12-9-22-18(24-16(12)17(11)27)23-15-8-13(25-26(15)4)19(2,3)10-21/h7-9H,5-6H2,1-4H3,(H,22,23,24). The second kappa shape index (κ2) is 6.10. The lowest BCUT2D eigenvalue weighted by Gasteiger charge is -2.20. The van der Waals surface area contributed by atoms with Gasteiger partial charge in [0.25, 0.3) is 0 Å². The second-order valence-corrected chi connectivity index (χ2v) is 7.76. The number of aromatic nitrogens is 5. The normalized spacial score (nSPS) is 13.0. The molecule has 3 aromatic rings. The number of rotatable bonds is 3. The molecule has 1 N–H and O–H groups in total. The Balaban J connectivity index is 1.71. The van der Waals surface area contributed by atoms with E-state index in [9.17, 15) is 5.26 Å². The Hall–Kier alpha value is -2.85. The summed E-state index contributed by atoms with van der Waals surface area (Å²) < 4.78 is 3.79. The molecule has 4 heterocycles. The lowest BCUT2D eigenvalue weighted by atomic mass is 9.92. The topological polar surface area (TPSA) is 84.4 Å². The largest absolute Gasteiger partial charge is 0.330 e. The maximum Gasteiger partial charge on any atom is 0.228 e. The first kappa shape index (κ1) is 17.6. The zero-order valence-electron chi connectivity index (χ0n) is 15.7. The number of fused-ring (bicyclic) bond motifs is 3. The van der Waals surface area contributed by atoms with E-state index < -0.39 is 5.41 Å². The summed E-state index contributed by atoms with van der Waals surface area (Å²) in [6.07, 6.45) is 2.72. The van der Waals surface area contributed by atoms with E-state index in [0.29, 0.717) is 11.6 Å². The zero-order valence-corrected chi connectivity index (χ0v) is 16.5. The van der Waals surface area contributed by atoms with Gasteiger partial charge in [-0.15, -0.1) is 0 Å². The molecule has 0 atom stereocenters. The maximum atomic E-state index is 9.33. The van der Waals surface area contributed by atoms with Crippen molar-refractivity contribution in [2.45, 2.75) is 39.2 Å². The fourth-order valence-electron chi connectivity index (χ4n) is 3.33. The van der Waals surface area contributed by atoms with E-state index in [-0.39, 0.29) is 0 Å². The maximum absolute atomic E-state index is 9.33. The van der Waals surface area contributed by atoms with Crippen LogP contribution in [0, 0.1) is 18.3 Å². The molecule has 7 nitrogen and oxygen atoms in total. The highest BCUT2D eigenvalue weighted by atomic mass is 35.5. The van der Waals surface area contributed by atoms with E-state index >= 15 is 0 Å². The van der Waals surface area contributed by atoms with Crippen LogP contribution in [-0.2, 0) is 25.4 Å². The molecule has 0 bridgehead atoms. The van der Waals surface area contributed by atoms with Gasteiger partial charge in [-0.2, -0.15) is 10.4 Å². The number of nitrogens with zero attached hydrogens (tertiary/aromatic N) is 6. The Labute approximate surface area is 162 Å². The van der Waals surface area contributed by atoms with Crippen LogP contribution in [0.1, 0.15) is 30.7 Å². The molecule has 0 spiro atoms. The highest BCUT2D eigenvalue weighted by Gasteiger charge is 2.25. The minimum atomic E-state index is -0.664. The van der Waals surface area contributed by atoms with Gasteiger partial charge in [0, 0.05) is 31.4 Å². The van der Waals surface area contributed by atoms with Gasteiger partial charge in [0.05, 0.1) is 28.6 Å². The average Bonchev–Trinajstić information content (AvgIpc) is 3.15. The zero-order chi connectivity index (χ0) is 19.3. The van der Waals surface area contributed by atoms with Gasteiger partial charge in [0.2, 0.25) is 5.95 Å². The van der Waals surface area contributed by atoms with Crippen molar-refractivity contribution >= 4 is 23.4 Å². The van der Waals surface area contributed by atoms with Crippen molar-refractivity contribution in [1.29, 1.82) is 5.26 Å². The molecule has 0 radical (unpaired) electrons. The molecule has 4 rings (SSSR count). The molecule has 0 aliphatic carbocycles. The smallest absolute Gasteiger partial charge is 0.228 e. The fourth-order valence-corrected chi connectivity index (χ4v) is 3.66. The highest BCUT2D eigenvalue weighted by Crippen LogP contribution is 2.35. The third-order valence-electron chi connectivity index (χ3n) is 4.97. The van der Waals surface area contributed by atoms with Crippen molar-refractivity contribution in [1.82, 2.24) is 24.3 Å². The van der Waals surface area contributed by atoms with Gasteiger partial charge in [0.15, 0.2) is 0 Å². The summed E-state index contributed by atoms with van der Waals surface area (Å²) >= 11 is 6.35. The van der Waals surface area contributed by atoms with Gasteiger partial charge in [-0.1, -0.05) is 11.6 Å². The monoisotopic (exact) mass is 381 g/mol. The van der Waals surface area contributed by atoms with Crippen LogP contribution in [0.5, 0.6) is 0 Å². The van der Waals surface area contributed by atoms with Crippen molar-refractivity contribution in [2.75, 3.05) is 5.32 Å². The number of anilines is 2. The first-order chi connectivity index (χ1) is 12.8. The van der Waals surface area contributed by atoms with E-state index in [1.165, 1.54) is 0 Å². The van der Waals surface area contributed by atoms with Gasteiger partial charge in [-0.25, -0.2) is 9.97 Å². The van der Waals surface area contributed by atoms with Crippen LogP contribution in [0.25, 0.3) is 11.4 Å². The Bertz CT molecular complexity index is 1080. The van der Waals surface area contributed by atoms with E-state index in [4.69, 9.17) is 16.6 Å². The summed E-state index contributed by atoms with van der Waals surface area (Å²) in [5.41, 5.74) is 4.20. The molecule has 0 saturated carbocycles. The van der Waals surface area contributed by atoms with Gasteiger partial charge in [-0.3, -0.25) is 4.68 Å². The first-order valence-electron chi connectivity index (χ1n) is 8.75. The van der Waals surface area contributed by atoms with Crippen LogP contribution in [0.4, 0.5) is 11.8 Å². The van der Waals surface area contributed by atoms with Crippen LogP contribution < -0.4 is 5.32 Å². The summed E-state index contributed by atoms with van der Waals surface area (Å²) in [5, 5.41) is 17.7. The Morgan fingerprint density at radius 3 is 2.85 bits per heavy atom. The number of hydrogen-bond acceptors (Lipinski definition) is 5. The van der Waals surface area contributed by atoms with Crippen molar-refractivity contribution in [2.24, 2.45) is 7.05 Å². The molecule has 3 aromatic heterocycles. The molecular formula is C19H20ClN7. The lowest BCUT2D eigenvalue weighted by molar-refractivity contribution is 0.628. The van der Waals surface area contributed by atoms with Gasteiger partial charge in [0.1, 0.15) is 11.0 Å². The fraction of sp³-hybridized carbons (Fsp3) is 0.368. The highest BCUT2D eigenvalue weighted by molar-refractivity contribution is 6.30.